The molecule has 0 spiro atoms. The van der Waals surface area contributed by atoms with Crippen LogP contribution in [0.4, 0.5) is 5.82 Å². The molecule has 0 bridgehead atoms. The highest BCUT2D eigenvalue weighted by Crippen LogP contribution is 2.17. The average Bonchev–Trinajstić information content (AvgIpc) is 2.99. The Hall–Kier alpha value is -1.09. The second-order valence-electron chi connectivity index (χ2n) is 3.88. The van der Waals surface area contributed by atoms with Gasteiger partial charge in [-0.2, -0.15) is 0 Å². The molecule has 0 atom stereocenters. The van der Waals surface area contributed by atoms with Crippen molar-refractivity contribution >= 4 is 5.82 Å². The van der Waals surface area contributed by atoms with Crippen molar-refractivity contribution in [2.75, 3.05) is 18.4 Å². The van der Waals surface area contributed by atoms with Crippen LogP contribution in [-0.4, -0.2) is 24.1 Å². The van der Waals surface area contributed by atoms with Crippen molar-refractivity contribution in [2.24, 2.45) is 0 Å². The first-order valence-electron chi connectivity index (χ1n) is 5.24. The number of aromatic nitrogens is 1. The topological polar surface area (TPSA) is 37.0 Å². The van der Waals surface area contributed by atoms with Gasteiger partial charge in [-0.15, -0.1) is 0 Å². The summed E-state index contributed by atoms with van der Waals surface area (Å²) in [5, 5.41) is 6.73. The van der Waals surface area contributed by atoms with Crippen molar-refractivity contribution in [1.29, 1.82) is 0 Å². The molecule has 2 N–H and O–H groups in total. The minimum absolute atomic E-state index is 0.794. The van der Waals surface area contributed by atoms with E-state index in [9.17, 15) is 0 Å². The summed E-state index contributed by atoms with van der Waals surface area (Å²) >= 11 is 0. The van der Waals surface area contributed by atoms with Crippen LogP contribution in [-0.2, 0) is 0 Å². The maximum absolute atomic E-state index is 4.27. The van der Waals surface area contributed by atoms with E-state index in [4.69, 9.17) is 0 Å². The van der Waals surface area contributed by atoms with Crippen LogP contribution in [0.2, 0.25) is 0 Å². The van der Waals surface area contributed by atoms with Gasteiger partial charge in [0.15, 0.2) is 0 Å². The van der Waals surface area contributed by atoms with Gasteiger partial charge in [0.25, 0.3) is 0 Å². The SMILES string of the molecule is Cc1ccc(NCCNC2CC2)nc1. The van der Waals surface area contributed by atoms with Gasteiger partial charge in [0.2, 0.25) is 0 Å². The molecule has 0 aliphatic heterocycles. The van der Waals surface area contributed by atoms with E-state index in [1.54, 1.807) is 0 Å². The number of rotatable bonds is 5. The van der Waals surface area contributed by atoms with Crippen LogP contribution >= 0.6 is 0 Å². The van der Waals surface area contributed by atoms with Crippen molar-refractivity contribution in [3.63, 3.8) is 0 Å². The molecule has 0 aromatic carbocycles. The lowest BCUT2D eigenvalue weighted by Crippen LogP contribution is -2.24. The van der Waals surface area contributed by atoms with E-state index in [1.807, 2.05) is 19.2 Å². The molecule has 1 aliphatic carbocycles. The van der Waals surface area contributed by atoms with Gasteiger partial charge in [-0.25, -0.2) is 4.98 Å². The van der Waals surface area contributed by atoms with Crippen molar-refractivity contribution in [3.05, 3.63) is 23.9 Å². The van der Waals surface area contributed by atoms with Crippen LogP contribution in [0.5, 0.6) is 0 Å². The van der Waals surface area contributed by atoms with E-state index in [-0.39, 0.29) is 0 Å². The van der Waals surface area contributed by atoms with Crippen molar-refractivity contribution in [1.82, 2.24) is 10.3 Å². The smallest absolute Gasteiger partial charge is 0.125 e. The Kier molecular flexibility index (Phi) is 2.99. The van der Waals surface area contributed by atoms with Gasteiger partial charge in [-0.05, 0) is 31.4 Å². The fourth-order valence-corrected chi connectivity index (χ4v) is 1.33. The molecule has 0 saturated heterocycles. The number of anilines is 1. The van der Waals surface area contributed by atoms with Crippen LogP contribution in [0.25, 0.3) is 0 Å². The van der Waals surface area contributed by atoms with Crippen molar-refractivity contribution < 1.29 is 0 Å². The lowest BCUT2D eigenvalue weighted by atomic mass is 10.3. The van der Waals surface area contributed by atoms with E-state index in [2.05, 4.69) is 21.7 Å². The van der Waals surface area contributed by atoms with Crippen LogP contribution in [0.1, 0.15) is 18.4 Å². The quantitative estimate of drug-likeness (QED) is 0.693. The monoisotopic (exact) mass is 191 g/mol. The summed E-state index contributed by atoms with van der Waals surface area (Å²) in [5.74, 6) is 0.966. The zero-order valence-electron chi connectivity index (χ0n) is 8.59. The predicted molar refractivity (Wildman–Crippen MR) is 58.5 cm³/mol. The lowest BCUT2D eigenvalue weighted by molar-refractivity contribution is 0.700. The molecule has 1 saturated carbocycles. The Labute approximate surface area is 84.9 Å². The molecule has 14 heavy (non-hydrogen) atoms. The Morgan fingerprint density at radius 3 is 2.86 bits per heavy atom. The molecular formula is C11H17N3. The standard InChI is InChI=1S/C11H17N3/c1-9-2-5-11(14-8-9)13-7-6-12-10-3-4-10/h2,5,8,10,12H,3-4,6-7H2,1H3,(H,13,14). The summed E-state index contributed by atoms with van der Waals surface area (Å²) in [6.45, 7) is 4.03. The molecule has 0 amide bonds. The minimum Gasteiger partial charge on any atom is -0.369 e. The number of aryl methyl sites for hydroxylation is 1. The molecular weight excluding hydrogens is 174 g/mol. The summed E-state index contributed by atoms with van der Waals surface area (Å²) in [5.41, 5.74) is 1.20. The summed E-state index contributed by atoms with van der Waals surface area (Å²) < 4.78 is 0. The first kappa shape index (κ1) is 9.46. The van der Waals surface area contributed by atoms with E-state index in [0.717, 1.165) is 24.9 Å². The number of hydrogen-bond acceptors (Lipinski definition) is 3. The molecule has 0 radical (unpaired) electrons. The van der Waals surface area contributed by atoms with Gasteiger partial charge in [0, 0.05) is 25.3 Å². The first-order chi connectivity index (χ1) is 6.84. The van der Waals surface area contributed by atoms with Crippen molar-refractivity contribution in [3.8, 4) is 0 Å². The molecule has 1 aromatic rings. The normalized spacial score (nSPS) is 15.5. The maximum atomic E-state index is 4.27. The van der Waals surface area contributed by atoms with Gasteiger partial charge in [-0.1, -0.05) is 6.07 Å². The third-order valence-corrected chi connectivity index (χ3v) is 2.35. The van der Waals surface area contributed by atoms with Gasteiger partial charge in [0.05, 0.1) is 0 Å². The fraction of sp³-hybridized carbons (Fsp3) is 0.545. The molecule has 2 rings (SSSR count). The van der Waals surface area contributed by atoms with Crippen LogP contribution < -0.4 is 10.6 Å². The summed E-state index contributed by atoms with van der Waals surface area (Å²) in [7, 11) is 0. The van der Waals surface area contributed by atoms with Crippen LogP contribution in [0, 0.1) is 6.92 Å². The van der Waals surface area contributed by atoms with Gasteiger partial charge in [0.1, 0.15) is 5.82 Å². The molecule has 1 aromatic heterocycles. The number of nitrogens with zero attached hydrogens (tertiary/aromatic N) is 1. The Morgan fingerprint density at radius 1 is 1.36 bits per heavy atom. The second kappa shape index (κ2) is 4.42. The molecule has 76 valence electrons. The highest BCUT2D eigenvalue weighted by atomic mass is 15.0. The minimum atomic E-state index is 0.794. The van der Waals surface area contributed by atoms with E-state index >= 15 is 0 Å². The summed E-state index contributed by atoms with van der Waals surface area (Å²) in [4.78, 5) is 4.27. The van der Waals surface area contributed by atoms with Gasteiger partial charge >= 0.3 is 0 Å². The van der Waals surface area contributed by atoms with E-state index < -0.39 is 0 Å². The van der Waals surface area contributed by atoms with Crippen LogP contribution in [0.3, 0.4) is 0 Å². The fourth-order valence-electron chi connectivity index (χ4n) is 1.33. The molecule has 3 nitrogen and oxygen atoms in total. The summed E-state index contributed by atoms with van der Waals surface area (Å²) in [6, 6.07) is 4.89. The second-order valence-corrected chi connectivity index (χ2v) is 3.88. The predicted octanol–water partition coefficient (Wildman–Crippen LogP) is 1.55. The van der Waals surface area contributed by atoms with Gasteiger partial charge in [-0.3, -0.25) is 0 Å². The zero-order chi connectivity index (χ0) is 9.80. The molecule has 1 aliphatic rings. The largest absolute Gasteiger partial charge is 0.369 e. The maximum Gasteiger partial charge on any atom is 0.125 e. The number of nitrogens with one attached hydrogen (secondary N) is 2. The third kappa shape index (κ3) is 3.00. The van der Waals surface area contributed by atoms with Crippen molar-refractivity contribution in [2.45, 2.75) is 25.8 Å². The van der Waals surface area contributed by atoms with Crippen LogP contribution in [0.15, 0.2) is 18.3 Å². The zero-order valence-corrected chi connectivity index (χ0v) is 8.59. The third-order valence-electron chi connectivity index (χ3n) is 2.35. The summed E-state index contributed by atoms with van der Waals surface area (Å²) in [6.07, 6.45) is 4.59. The Morgan fingerprint density at radius 2 is 2.21 bits per heavy atom. The molecule has 1 fully saturated rings. The first-order valence-corrected chi connectivity index (χ1v) is 5.24. The Bertz CT molecular complexity index is 277. The highest BCUT2D eigenvalue weighted by molar-refractivity contribution is 5.34. The van der Waals surface area contributed by atoms with Gasteiger partial charge < -0.3 is 10.6 Å². The van der Waals surface area contributed by atoms with E-state index in [0.29, 0.717) is 0 Å². The average molecular weight is 191 g/mol. The highest BCUT2D eigenvalue weighted by Gasteiger charge is 2.19. The molecule has 3 heteroatoms. The molecule has 1 heterocycles. The number of pyridine rings is 1. The lowest BCUT2D eigenvalue weighted by Gasteiger charge is -2.06. The number of hydrogen-bond donors (Lipinski definition) is 2. The molecule has 0 unspecified atom stereocenters. The Balaban J connectivity index is 1.66. The van der Waals surface area contributed by atoms with E-state index in [1.165, 1.54) is 18.4 Å².